The van der Waals surface area contributed by atoms with E-state index in [0.717, 1.165) is 48.2 Å². The number of sulfonamides is 1. The number of fused-ring (bicyclic) bond motifs is 1. The molecule has 0 atom stereocenters. The van der Waals surface area contributed by atoms with Crippen LogP contribution in [0.4, 0.5) is 0 Å². The van der Waals surface area contributed by atoms with Gasteiger partial charge < -0.3 is 14.3 Å². The molecule has 0 unspecified atom stereocenters. The third-order valence-corrected chi connectivity index (χ3v) is 9.82. The summed E-state index contributed by atoms with van der Waals surface area (Å²) < 4.78 is 36.8. The maximum Gasteiger partial charge on any atom is 0.269 e. The third kappa shape index (κ3) is 5.69. The SMILES string of the molecule is CCCc1nc(C2CC2)c(C(=O)NC)n1Cc1ccc2oc(-c3ccccc3C(=O)NS(=O)(=O)c3ccccc3)c(Br)c2c1. The van der Waals surface area contributed by atoms with Gasteiger partial charge in [0.2, 0.25) is 0 Å². The summed E-state index contributed by atoms with van der Waals surface area (Å²) in [6.07, 6.45) is 3.75. The van der Waals surface area contributed by atoms with Gasteiger partial charge in [-0.25, -0.2) is 18.1 Å². The normalized spacial score (nSPS) is 13.2. The summed E-state index contributed by atoms with van der Waals surface area (Å²) in [5, 5.41) is 3.57. The standard InChI is InChI=1S/C33H31BrN4O5S/c1-3-9-27-36-29(21-15-16-21)30(33(40)35-2)38(27)19-20-14-17-26-25(18-20)28(34)31(43-26)23-12-7-8-13-24(23)32(39)37-44(41,42)22-10-5-4-6-11-22/h4-8,10-14,17-18,21H,3,9,15-16,19H2,1-2H3,(H,35,40)(H,37,39). The Labute approximate surface area is 263 Å². The van der Waals surface area contributed by atoms with Crippen LogP contribution in [0.25, 0.3) is 22.3 Å². The van der Waals surface area contributed by atoms with Crippen molar-refractivity contribution in [2.24, 2.45) is 0 Å². The van der Waals surface area contributed by atoms with Crippen LogP contribution >= 0.6 is 15.9 Å². The fourth-order valence-corrected chi connectivity index (χ4v) is 6.98. The molecule has 1 aliphatic carbocycles. The van der Waals surface area contributed by atoms with Gasteiger partial charge in [0, 0.05) is 36.9 Å². The Morgan fingerprint density at radius 3 is 2.45 bits per heavy atom. The largest absolute Gasteiger partial charge is 0.455 e. The van der Waals surface area contributed by atoms with Gasteiger partial charge in [0.25, 0.3) is 21.8 Å². The van der Waals surface area contributed by atoms with E-state index in [0.29, 0.717) is 39.5 Å². The van der Waals surface area contributed by atoms with E-state index >= 15 is 0 Å². The van der Waals surface area contributed by atoms with Crippen LogP contribution in [0.15, 0.2) is 86.6 Å². The van der Waals surface area contributed by atoms with Gasteiger partial charge in [-0.2, -0.15) is 0 Å². The molecule has 0 aliphatic heterocycles. The van der Waals surface area contributed by atoms with Gasteiger partial charge in [-0.15, -0.1) is 0 Å². The first-order valence-electron chi connectivity index (χ1n) is 14.5. The number of nitrogens with zero attached hydrogens (tertiary/aromatic N) is 2. The molecule has 226 valence electrons. The number of aryl methyl sites for hydroxylation is 1. The Kier molecular flexibility index (Phi) is 8.17. The maximum atomic E-state index is 13.3. The summed E-state index contributed by atoms with van der Waals surface area (Å²) in [7, 11) is -2.43. The molecule has 1 fully saturated rings. The number of imidazole rings is 1. The summed E-state index contributed by atoms with van der Waals surface area (Å²) in [5.41, 5.74) is 3.63. The predicted octanol–water partition coefficient (Wildman–Crippen LogP) is 6.42. The average molecular weight is 676 g/mol. The Balaban J connectivity index is 1.35. The van der Waals surface area contributed by atoms with Crippen molar-refractivity contribution >= 4 is 48.7 Å². The Morgan fingerprint density at radius 1 is 1.02 bits per heavy atom. The number of rotatable bonds is 10. The average Bonchev–Trinajstić information content (AvgIpc) is 3.75. The number of furan rings is 1. The van der Waals surface area contributed by atoms with Crippen molar-refractivity contribution in [3.05, 3.63) is 106 Å². The van der Waals surface area contributed by atoms with Gasteiger partial charge in [0.15, 0.2) is 0 Å². The van der Waals surface area contributed by atoms with Crippen molar-refractivity contribution in [1.29, 1.82) is 0 Å². The molecule has 2 N–H and O–H groups in total. The number of halogens is 1. The number of carbonyl (C=O) groups excluding carboxylic acids is 2. The highest BCUT2D eigenvalue weighted by molar-refractivity contribution is 9.10. The molecule has 0 spiro atoms. The molecule has 0 bridgehead atoms. The molecule has 3 aromatic carbocycles. The Morgan fingerprint density at radius 2 is 1.75 bits per heavy atom. The zero-order chi connectivity index (χ0) is 31.0. The number of nitrogens with one attached hydrogen (secondary N) is 2. The molecule has 11 heteroatoms. The van der Waals surface area contributed by atoms with Gasteiger partial charge in [-0.05, 0) is 71.1 Å². The molecule has 44 heavy (non-hydrogen) atoms. The molecule has 2 amide bonds. The quantitative estimate of drug-likeness (QED) is 0.176. The summed E-state index contributed by atoms with van der Waals surface area (Å²) in [6, 6.07) is 20.2. The molecule has 2 heterocycles. The van der Waals surface area contributed by atoms with Crippen molar-refractivity contribution in [3.63, 3.8) is 0 Å². The van der Waals surface area contributed by atoms with Gasteiger partial charge >= 0.3 is 0 Å². The smallest absolute Gasteiger partial charge is 0.269 e. The second-order valence-corrected chi connectivity index (χ2v) is 13.3. The van der Waals surface area contributed by atoms with Crippen LogP contribution in [0.2, 0.25) is 0 Å². The number of hydrogen-bond acceptors (Lipinski definition) is 6. The number of hydrogen-bond donors (Lipinski definition) is 2. The zero-order valence-corrected chi connectivity index (χ0v) is 26.7. The van der Waals surface area contributed by atoms with Crippen LogP contribution in [0.5, 0.6) is 0 Å². The summed E-state index contributed by atoms with van der Waals surface area (Å²) in [4.78, 5) is 31.2. The minimum absolute atomic E-state index is 0.00732. The fourth-order valence-electron chi connectivity index (χ4n) is 5.39. The summed E-state index contributed by atoms with van der Waals surface area (Å²) in [5.74, 6) is 0.710. The molecule has 6 rings (SSSR count). The van der Waals surface area contributed by atoms with Crippen molar-refractivity contribution in [3.8, 4) is 11.3 Å². The second kappa shape index (κ2) is 12.0. The number of carbonyl (C=O) groups is 2. The highest BCUT2D eigenvalue weighted by atomic mass is 79.9. The molecule has 1 aliphatic rings. The van der Waals surface area contributed by atoms with Crippen LogP contribution < -0.4 is 10.0 Å². The monoisotopic (exact) mass is 674 g/mol. The minimum atomic E-state index is -4.07. The first kappa shape index (κ1) is 29.8. The van der Waals surface area contributed by atoms with E-state index < -0.39 is 15.9 Å². The zero-order valence-electron chi connectivity index (χ0n) is 24.3. The van der Waals surface area contributed by atoms with Gasteiger partial charge in [0.1, 0.15) is 22.9 Å². The Bertz CT molecular complexity index is 2000. The van der Waals surface area contributed by atoms with E-state index in [4.69, 9.17) is 9.40 Å². The molecular formula is C33H31BrN4O5S. The van der Waals surface area contributed by atoms with Crippen molar-refractivity contribution < 1.29 is 22.4 Å². The lowest BCUT2D eigenvalue weighted by Crippen LogP contribution is -2.30. The Hall–Kier alpha value is -4.22. The van der Waals surface area contributed by atoms with E-state index in [2.05, 4.69) is 32.9 Å². The number of amides is 2. The molecule has 5 aromatic rings. The van der Waals surface area contributed by atoms with Crippen LogP contribution in [-0.4, -0.2) is 36.8 Å². The molecule has 0 radical (unpaired) electrons. The van der Waals surface area contributed by atoms with Crippen molar-refractivity contribution in [2.75, 3.05) is 7.05 Å². The van der Waals surface area contributed by atoms with Gasteiger partial charge in [-0.1, -0.05) is 49.4 Å². The van der Waals surface area contributed by atoms with E-state index in [-0.39, 0.29) is 16.4 Å². The van der Waals surface area contributed by atoms with E-state index in [1.165, 1.54) is 12.1 Å². The van der Waals surface area contributed by atoms with E-state index in [9.17, 15) is 18.0 Å². The lowest BCUT2D eigenvalue weighted by molar-refractivity contribution is 0.0950. The van der Waals surface area contributed by atoms with Crippen LogP contribution in [0.1, 0.15) is 70.0 Å². The molecule has 2 aromatic heterocycles. The van der Waals surface area contributed by atoms with Crippen molar-refractivity contribution in [2.45, 2.75) is 50.0 Å². The second-order valence-electron chi connectivity index (χ2n) is 10.8. The summed E-state index contributed by atoms with van der Waals surface area (Å²) >= 11 is 3.68. The highest BCUT2D eigenvalue weighted by Gasteiger charge is 2.34. The van der Waals surface area contributed by atoms with Gasteiger partial charge in [0.05, 0.1) is 20.6 Å². The van der Waals surface area contributed by atoms with E-state index in [1.54, 1.807) is 49.5 Å². The topological polar surface area (TPSA) is 123 Å². The van der Waals surface area contributed by atoms with Crippen molar-refractivity contribution in [1.82, 2.24) is 19.6 Å². The summed E-state index contributed by atoms with van der Waals surface area (Å²) in [6.45, 7) is 2.55. The lowest BCUT2D eigenvalue weighted by Gasteiger charge is -2.12. The van der Waals surface area contributed by atoms with Crippen LogP contribution in [0, 0.1) is 0 Å². The number of aromatic nitrogens is 2. The molecule has 0 saturated heterocycles. The molecule has 9 nitrogen and oxygen atoms in total. The first-order valence-corrected chi connectivity index (χ1v) is 16.7. The van der Waals surface area contributed by atoms with E-state index in [1.807, 2.05) is 22.8 Å². The van der Waals surface area contributed by atoms with Crippen LogP contribution in [0.3, 0.4) is 0 Å². The maximum absolute atomic E-state index is 13.3. The third-order valence-electron chi connectivity index (χ3n) is 7.68. The molecular weight excluding hydrogens is 644 g/mol. The van der Waals surface area contributed by atoms with Crippen LogP contribution in [-0.2, 0) is 23.0 Å². The lowest BCUT2D eigenvalue weighted by atomic mass is 10.0. The molecule has 1 saturated carbocycles. The predicted molar refractivity (Wildman–Crippen MR) is 171 cm³/mol. The number of benzene rings is 3. The van der Waals surface area contributed by atoms with Gasteiger partial charge in [-0.3, -0.25) is 9.59 Å². The minimum Gasteiger partial charge on any atom is -0.455 e. The fraction of sp³-hybridized carbons (Fsp3) is 0.242. The highest BCUT2D eigenvalue weighted by Crippen LogP contribution is 2.42. The first-order chi connectivity index (χ1) is 21.2.